The molecule has 1 aromatic heterocycles. The van der Waals surface area contributed by atoms with Crippen molar-refractivity contribution in [2.75, 3.05) is 5.32 Å². The summed E-state index contributed by atoms with van der Waals surface area (Å²) in [6.07, 6.45) is 1.76. The van der Waals surface area contributed by atoms with E-state index in [2.05, 4.69) is 10.3 Å². The van der Waals surface area contributed by atoms with Gasteiger partial charge in [-0.2, -0.15) is 0 Å². The molecule has 1 aromatic rings. The van der Waals surface area contributed by atoms with Crippen LogP contribution in [0.5, 0.6) is 5.88 Å². The number of imidazole rings is 1. The molecule has 10 heavy (non-hydrogen) atoms. The zero-order valence-corrected chi connectivity index (χ0v) is 5.40. The van der Waals surface area contributed by atoms with Crippen molar-refractivity contribution in [3.05, 3.63) is 6.20 Å². The quantitative estimate of drug-likeness (QED) is 0.555. The van der Waals surface area contributed by atoms with Gasteiger partial charge in [-0.1, -0.05) is 0 Å². The summed E-state index contributed by atoms with van der Waals surface area (Å²) in [7, 11) is 1.59. The predicted octanol–water partition coefficient (Wildman–Crippen LogP) is -0.306. The number of anilines is 1. The highest BCUT2D eigenvalue weighted by Crippen LogP contribution is 2.11. The Morgan fingerprint density at radius 1 is 1.90 bits per heavy atom. The molecular weight excluding hydrogens is 134 g/mol. The summed E-state index contributed by atoms with van der Waals surface area (Å²) >= 11 is 0. The number of hydrogen-bond acceptors (Lipinski definition) is 3. The molecule has 0 spiro atoms. The average molecular weight is 141 g/mol. The van der Waals surface area contributed by atoms with Gasteiger partial charge in [0.1, 0.15) is 0 Å². The maximum absolute atomic E-state index is 9.89. The molecule has 0 fully saturated rings. The SMILES string of the molecule is Cn1c(O)cnc1NC=O. The lowest BCUT2D eigenvalue weighted by atomic mass is 10.8. The molecule has 0 bridgehead atoms. The third-order valence-electron chi connectivity index (χ3n) is 1.15. The molecule has 0 atom stereocenters. The van der Waals surface area contributed by atoms with Crippen LogP contribution in [0.25, 0.3) is 0 Å². The van der Waals surface area contributed by atoms with E-state index in [0.717, 1.165) is 0 Å². The van der Waals surface area contributed by atoms with Crippen molar-refractivity contribution >= 4 is 12.4 Å². The maximum atomic E-state index is 9.89. The average Bonchev–Trinajstić information content (AvgIpc) is 2.20. The van der Waals surface area contributed by atoms with E-state index in [1.807, 2.05) is 0 Å². The monoisotopic (exact) mass is 141 g/mol. The number of aromatic hydroxyl groups is 1. The van der Waals surface area contributed by atoms with Gasteiger partial charge in [-0.3, -0.25) is 14.7 Å². The number of amides is 1. The van der Waals surface area contributed by atoms with Crippen LogP contribution in [0.1, 0.15) is 0 Å². The molecule has 0 aliphatic carbocycles. The minimum atomic E-state index is 0.0179. The first-order chi connectivity index (χ1) is 4.75. The van der Waals surface area contributed by atoms with E-state index in [9.17, 15) is 4.79 Å². The third-order valence-corrected chi connectivity index (χ3v) is 1.15. The number of carbonyl (C=O) groups is 1. The molecule has 1 rings (SSSR count). The summed E-state index contributed by atoms with van der Waals surface area (Å²) in [5.41, 5.74) is 0. The molecule has 0 aliphatic heterocycles. The Balaban J connectivity index is 2.93. The summed E-state index contributed by atoms with van der Waals surface area (Å²) in [6.45, 7) is 0. The first-order valence-corrected chi connectivity index (χ1v) is 2.66. The summed E-state index contributed by atoms with van der Waals surface area (Å²) < 4.78 is 1.36. The predicted molar refractivity (Wildman–Crippen MR) is 34.6 cm³/mol. The Morgan fingerprint density at radius 2 is 2.60 bits per heavy atom. The van der Waals surface area contributed by atoms with Crippen LogP contribution >= 0.6 is 0 Å². The fourth-order valence-corrected chi connectivity index (χ4v) is 0.587. The normalized spacial score (nSPS) is 9.30. The van der Waals surface area contributed by atoms with Gasteiger partial charge < -0.3 is 5.11 Å². The van der Waals surface area contributed by atoms with E-state index in [0.29, 0.717) is 12.4 Å². The van der Waals surface area contributed by atoms with Crippen LogP contribution in [-0.4, -0.2) is 21.1 Å². The van der Waals surface area contributed by atoms with Gasteiger partial charge in [-0.15, -0.1) is 0 Å². The highest BCUT2D eigenvalue weighted by Gasteiger charge is 2.01. The first-order valence-electron chi connectivity index (χ1n) is 2.66. The second kappa shape index (κ2) is 2.38. The first kappa shape index (κ1) is 6.60. The van der Waals surface area contributed by atoms with Gasteiger partial charge in [0.05, 0.1) is 6.20 Å². The summed E-state index contributed by atoms with van der Waals surface area (Å²) in [5, 5.41) is 11.2. The van der Waals surface area contributed by atoms with Crippen LogP contribution in [0.3, 0.4) is 0 Å². The molecule has 0 radical (unpaired) electrons. The van der Waals surface area contributed by atoms with E-state index in [4.69, 9.17) is 5.11 Å². The summed E-state index contributed by atoms with van der Waals surface area (Å²) in [4.78, 5) is 13.6. The molecule has 5 nitrogen and oxygen atoms in total. The summed E-state index contributed by atoms with van der Waals surface area (Å²) in [5.74, 6) is 0.344. The smallest absolute Gasteiger partial charge is 0.213 e. The molecule has 0 saturated carbocycles. The number of hydrogen-bond donors (Lipinski definition) is 2. The highest BCUT2D eigenvalue weighted by atomic mass is 16.3. The fraction of sp³-hybridized carbons (Fsp3) is 0.200. The largest absolute Gasteiger partial charge is 0.493 e. The van der Waals surface area contributed by atoms with Crippen LogP contribution in [-0.2, 0) is 11.8 Å². The zero-order chi connectivity index (χ0) is 7.56. The Labute approximate surface area is 57.3 Å². The second-order valence-electron chi connectivity index (χ2n) is 1.76. The van der Waals surface area contributed by atoms with Gasteiger partial charge in [-0.25, -0.2) is 4.98 Å². The van der Waals surface area contributed by atoms with Crippen LogP contribution in [0.15, 0.2) is 6.20 Å². The molecule has 0 unspecified atom stereocenters. The Kier molecular flexibility index (Phi) is 1.57. The van der Waals surface area contributed by atoms with E-state index >= 15 is 0 Å². The van der Waals surface area contributed by atoms with Gasteiger partial charge in [0.25, 0.3) is 0 Å². The molecule has 2 N–H and O–H groups in total. The Bertz CT molecular complexity index is 243. The lowest BCUT2D eigenvalue weighted by molar-refractivity contribution is -0.105. The second-order valence-corrected chi connectivity index (χ2v) is 1.76. The van der Waals surface area contributed by atoms with Crippen molar-refractivity contribution < 1.29 is 9.90 Å². The van der Waals surface area contributed by atoms with Gasteiger partial charge in [0.2, 0.25) is 18.2 Å². The minimum absolute atomic E-state index is 0.0179. The van der Waals surface area contributed by atoms with Crippen molar-refractivity contribution in [3.63, 3.8) is 0 Å². The molecule has 1 heterocycles. The molecule has 1 amide bonds. The Morgan fingerprint density at radius 3 is 3.00 bits per heavy atom. The lowest BCUT2D eigenvalue weighted by Gasteiger charge is -1.97. The van der Waals surface area contributed by atoms with Crippen LogP contribution in [0.4, 0.5) is 5.95 Å². The van der Waals surface area contributed by atoms with E-state index in [1.165, 1.54) is 10.8 Å². The Hall–Kier alpha value is -1.52. The number of aromatic nitrogens is 2. The van der Waals surface area contributed by atoms with Crippen LogP contribution < -0.4 is 5.32 Å². The number of carbonyl (C=O) groups excluding carboxylic acids is 1. The standard InChI is InChI=1S/C5H7N3O2/c1-8-4(10)2-6-5(8)7-3-9/h2-3,10H,1H3,(H,6,7,9). The van der Waals surface area contributed by atoms with Gasteiger partial charge in [0.15, 0.2) is 0 Å². The van der Waals surface area contributed by atoms with E-state index < -0.39 is 0 Å². The van der Waals surface area contributed by atoms with Crippen molar-refractivity contribution in [1.82, 2.24) is 9.55 Å². The molecule has 0 aromatic carbocycles. The third kappa shape index (κ3) is 0.928. The highest BCUT2D eigenvalue weighted by molar-refractivity contribution is 5.67. The van der Waals surface area contributed by atoms with Crippen LogP contribution in [0, 0.1) is 0 Å². The van der Waals surface area contributed by atoms with Crippen molar-refractivity contribution in [3.8, 4) is 5.88 Å². The number of nitrogens with zero attached hydrogens (tertiary/aromatic N) is 2. The minimum Gasteiger partial charge on any atom is -0.493 e. The lowest BCUT2D eigenvalue weighted by Crippen LogP contribution is -2.01. The van der Waals surface area contributed by atoms with E-state index in [1.54, 1.807) is 7.05 Å². The summed E-state index contributed by atoms with van der Waals surface area (Å²) in [6, 6.07) is 0. The topological polar surface area (TPSA) is 67.2 Å². The van der Waals surface area contributed by atoms with Crippen molar-refractivity contribution in [2.45, 2.75) is 0 Å². The molecular formula is C5H7N3O2. The van der Waals surface area contributed by atoms with Crippen LogP contribution in [0.2, 0.25) is 0 Å². The fourth-order valence-electron chi connectivity index (χ4n) is 0.587. The molecule has 54 valence electrons. The molecule has 0 saturated heterocycles. The van der Waals surface area contributed by atoms with Gasteiger partial charge >= 0.3 is 0 Å². The van der Waals surface area contributed by atoms with Gasteiger partial charge in [0, 0.05) is 7.05 Å². The maximum Gasteiger partial charge on any atom is 0.213 e. The number of nitrogens with one attached hydrogen (secondary N) is 1. The van der Waals surface area contributed by atoms with Crippen molar-refractivity contribution in [2.24, 2.45) is 7.05 Å². The van der Waals surface area contributed by atoms with Crippen molar-refractivity contribution in [1.29, 1.82) is 0 Å². The molecule has 0 aliphatic rings. The van der Waals surface area contributed by atoms with Gasteiger partial charge in [-0.05, 0) is 0 Å². The molecule has 5 heteroatoms. The number of rotatable bonds is 2. The zero-order valence-electron chi connectivity index (χ0n) is 5.40. The van der Waals surface area contributed by atoms with E-state index in [-0.39, 0.29) is 5.88 Å².